The number of methoxy groups -OCH3 is 1. The van der Waals surface area contributed by atoms with Crippen LogP contribution in [0, 0.1) is 0 Å². The van der Waals surface area contributed by atoms with Crippen LogP contribution in [-0.4, -0.2) is 32.5 Å². The van der Waals surface area contributed by atoms with Crippen LogP contribution in [0.3, 0.4) is 0 Å². The van der Waals surface area contributed by atoms with Crippen molar-refractivity contribution in [2.75, 3.05) is 31.3 Å². The van der Waals surface area contributed by atoms with Gasteiger partial charge >= 0.3 is 0 Å². The molecule has 112 valence electrons. The highest BCUT2D eigenvalue weighted by atomic mass is 35.5. The topological polar surface area (TPSA) is 79.5 Å². The fourth-order valence-corrected chi connectivity index (χ4v) is 1.50. The molecule has 20 heavy (non-hydrogen) atoms. The average Bonchev–Trinajstić information content (AvgIpc) is 2.37. The summed E-state index contributed by atoms with van der Waals surface area (Å²) in [7, 11) is 3.32. The minimum atomic E-state index is -0.198. The Morgan fingerprint density at radius 2 is 1.90 bits per heavy atom. The van der Waals surface area contributed by atoms with Gasteiger partial charge in [-0.15, -0.1) is 12.4 Å². The average molecular weight is 302 g/mol. The highest BCUT2D eigenvalue weighted by molar-refractivity contribution is 5.99. The van der Waals surface area contributed by atoms with E-state index >= 15 is 0 Å². The summed E-state index contributed by atoms with van der Waals surface area (Å²) in [5.41, 5.74) is 1.07. The second-order valence-electron chi connectivity index (χ2n) is 3.99. The van der Waals surface area contributed by atoms with Crippen LogP contribution in [0.5, 0.6) is 5.75 Å². The lowest BCUT2D eigenvalue weighted by molar-refractivity contribution is -0.116. The van der Waals surface area contributed by atoms with Gasteiger partial charge in [0.2, 0.25) is 11.8 Å². The van der Waals surface area contributed by atoms with Crippen molar-refractivity contribution >= 4 is 35.6 Å². The van der Waals surface area contributed by atoms with Gasteiger partial charge in [-0.05, 0) is 19.2 Å². The lowest BCUT2D eigenvalue weighted by Gasteiger charge is -2.13. The number of rotatable bonds is 6. The minimum absolute atomic E-state index is 0. The molecule has 0 heterocycles. The molecule has 0 aliphatic rings. The van der Waals surface area contributed by atoms with Gasteiger partial charge in [-0.25, -0.2) is 0 Å². The Labute approximate surface area is 124 Å². The van der Waals surface area contributed by atoms with E-state index in [-0.39, 0.29) is 24.2 Å². The number of benzene rings is 1. The van der Waals surface area contributed by atoms with Crippen LogP contribution in [0.2, 0.25) is 0 Å². The Balaban J connectivity index is 0.00000361. The predicted molar refractivity (Wildman–Crippen MR) is 81.7 cm³/mol. The summed E-state index contributed by atoms with van der Waals surface area (Å²) in [6.45, 7) is 2.00. The van der Waals surface area contributed by atoms with Crippen molar-refractivity contribution in [1.29, 1.82) is 0 Å². The van der Waals surface area contributed by atoms with E-state index in [1.165, 1.54) is 6.92 Å². The molecule has 1 rings (SSSR count). The van der Waals surface area contributed by atoms with E-state index in [0.29, 0.717) is 30.1 Å². The summed E-state index contributed by atoms with van der Waals surface area (Å²) in [4.78, 5) is 22.8. The van der Waals surface area contributed by atoms with E-state index in [0.717, 1.165) is 0 Å². The molecule has 2 amide bonds. The molecule has 0 radical (unpaired) electrons. The molecule has 0 aromatic heterocycles. The maximum atomic E-state index is 11.7. The Kier molecular flexibility index (Phi) is 8.35. The van der Waals surface area contributed by atoms with Crippen LogP contribution in [0.15, 0.2) is 18.2 Å². The Morgan fingerprint density at radius 3 is 2.45 bits per heavy atom. The van der Waals surface area contributed by atoms with Crippen LogP contribution >= 0.6 is 12.4 Å². The molecule has 0 atom stereocenters. The lowest BCUT2D eigenvalue weighted by Crippen LogP contribution is -2.19. The molecule has 0 spiro atoms. The standard InChI is InChI=1S/C13H19N3O3.ClH/c1-9(17)15-11-5-4-10(19-3)8-12(11)16-13(18)6-7-14-2;/h4-5,8,14H,6-7H2,1-3H3,(H,15,17)(H,16,18);1H. The van der Waals surface area contributed by atoms with Gasteiger partial charge < -0.3 is 20.7 Å². The highest BCUT2D eigenvalue weighted by Gasteiger charge is 2.09. The minimum Gasteiger partial charge on any atom is -0.497 e. The van der Waals surface area contributed by atoms with Crippen molar-refractivity contribution in [3.05, 3.63) is 18.2 Å². The van der Waals surface area contributed by atoms with Crippen molar-refractivity contribution in [3.8, 4) is 5.75 Å². The van der Waals surface area contributed by atoms with E-state index in [1.807, 2.05) is 0 Å². The fraction of sp³-hybridized carbons (Fsp3) is 0.385. The molecule has 3 N–H and O–H groups in total. The number of nitrogens with one attached hydrogen (secondary N) is 3. The van der Waals surface area contributed by atoms with E-state index in [1.54, 1.807) is 32.4 Å². The Morgan fingerprint density at radius 1 is 1.20 bits per heavy atom. The van der Waals surface area contributed by atoms with E-state index in [9.17, 15) is 9.59 Å². The van der Waals surface area contributed by atoms with Crippen LogP contribution < -0.4 is 20.7 Å². The smallest absolute Gasteiger partial charge is 0.225 e. The summed E-state index contributed by atoms with van der Waals surface area (Å²) < 4.78 is 5.10. The summed E-state index contributed by atoms with van der Waals surface area (Å²) in [6, 6.07) is 5.07. The monoisotopic (exact) mass is 301 g/mol. The van der Waals surface area contributed by atoms with Crippen LogP contribution in [0.1, 0.15) is 13.3 Å². The number of halogens is 1. The maximum absolute atomic E-state index is 11.7. The molecule has 0 aliphatic heterocycles. The van der Waals surface area contributed by atoms with Gasteiger partial charge in [0, 0.05) is 26.0 Å². The number of ether oxygens (including phenoxy) is 1. The normalized spacial score (nSPS) is 9.35. The number of carbonyl (C=O) groups is 2. The van der Waals surface area contributed by atoms with Crippen LogP contribution in [0.4, 0.5) is 11.4 Å². The van der Waals surface area contributed by atoms with Gasteiger partial charge in [0.1, 0.15) is 5.75 Å². The molecule has 7 heteroatoms. The third-order valence-electron chi connectivity index (χ3n) is 2.41. The molecule has 0 fully saturated rings. The highest BCUT2D eigenvalue weighted by Crippen LogP contribution is 2.27. The SMILES string of the molecule is CNCCC(=O)Nc1cc(OC)ccc1NC(C)=O.Cl. The first-order valence-electron chi connectivity index (χ1n) is 5.97. The molecule has 1 aromatic carbocycles. The summed E-state index contributed by atoms with van der Waals surface area (Å²) in [6.07, 6.45) is 0.354. The molecule has 0 unspecified atom stereocenters. The number of hydrogen-bond donors (Lipinski definition) is 3. The molecule has 0 aliphatic carbocycles. The fourth-order valence-electron chi connectivity index (χ4n) is 1.50. The van der Waals surface area contributed by atoms with Crippen molar-refractivity contribution in [1.82, 2.24) is 5.32 Å². The van der Waals surface area contributed by atoms with Gasteiger partial charge in [0.25, 0.3) is 0 Å². The molecular weight excluding hydrogens is 282 g/mol. The quantitative estimate of drug-likeness (QED) is 0.746. The van der Waals surface area contributed by atoms with E-state index in [2.05, 4.69) is 16.0 Å². The van der Waals surface area contributed by atoms with Crippen molar-refractivity contribution in [2.45, 2.75) is 13.3 Å². The zero-order valence-corrected chi connectivity index (χ0v) is 12.6. The Bertz CT molecular complexity index is 466. The van der Waals surface area contributed by atoms with Gasteiger partial charge in [0.05, 0.1) is 18.5 Å². The Hall–Kier alpha value is -1.79. The lowest BCUT2D eigenvalue weighted by atomic mass is 10.2. The third-order valence-corrected chi connectivity index (χ3v) is 2.41. The van der Waals surface area contributed by atoms with Crippen molar-refractivity contribution in [3.63, 3.8) is 0 Å². The first-order chi connectivity index (χ1) is 9.06. The first kappa shape index (κ1) is 18.2. The molecular formula is C13H20ClN3O3. The predicted octanol–water partition coefficient (Wildman–Crippen LogP) is 1.62. The van der Waals surface area contributed by atoms with Crippen LogP contribution in [0.25, 0.3) is 0 Å². The van der Waals surface area contributed by atoms with Crippen molar-refractivity contribution < 1.29 is 14.3 Å². The summed E-state index contributed by atoms with van der Waals surface area (Å²) in [5.74, 6) is 0.281. The number of hydrogen-bond acceptors (Lipinski definition) is 4. The maximum Gasteiger partial charge on any atom is 0.225 e. The van der Waals surface area contributed by atoms with E-state index < -0.39 is 0 Å². The van der Waals surface area contributed by atoms with Gasteiger partial charge in [-0.3, -0.25) is 9.59 Å². The zero-order valence-electron chi connectivity index (χ0n) is 11.8. The second-order valence-corrected chi connectivity index (χ2v) is 3.99. The van der Waals surface area contributed by atoms with Gasteiger partial charge in [-0.1, -0.05) is 0 Å². The van der Waals surface area contributed by atoms with Gasteiger partial charge in [0.15, 0.2) is 0 Å². The summed E-state index contributed by atoms with van der Waals surface area (Å²) in [5, 5.41) is 8.31. The number of amides is 2. The molecule has 6 nitrogen and oxygen atoms in total. The number of anilines is 2. The first-order valence-corrected chi connectivity index (χ1v) is 5.97. The largest absolute Gasteiger partial charge is 0.497 e. The third kappa shape index (κ3) is 5.90. The molecule has 0 saturated carbocycles. The van der Waals surface area contributed by atoms with Crippen LogP contribution in [-0.2, 0) is 9.59 Å². The molecule has 0 bridgehead atoms. The second kappa shape index (κ2) is 9.17. The molecule has 0 saturated heterocycles. The molecule has 1 aromatic rings. The summed E-state index contributed by atoms with van der Waals surface area (Å²) >= 11 is 0. The van der Waals surface area contributed by atoms with E-state index in [4.69, 9.17) is 4.74 Å². The zero-order chi connectivity index (χ0) is 14.3. The van der Waals surface area contributed by atoms with Crippen molar-refractivity contribution in [2.24, 2.45) is 0 Å². The van der Waals surface area contributed by atoms with Gasteiger partial charge in [-0.2, -0.15) is 0 Å². The number of carbonyl (C=O) groups excluding carboxylic acids is 2.